The molecule has 0 atom stereocenters. The van der Waals surface area contributed by atoms with E-state index in [1.807, 2.05) is 45.3 Å². The van der Waals surface area contributed by atoms with Crippen molar-refractivity contribution in [2.45, 2.75) is 65.2 Å². The van der Waals surface area contributed by atoms with Gasteiger partial charge in [-0.05, 0) is 51.0 Å². The van der Waals surface area contributed by atoms with E-state index in [9.17, 15) is 0 Å². The number of rotatable bonds is 3. The molecule has 7 heteroatoms. The van der Waals surface area contributed by atoms with Gasteiger partial charge in [0.15, 0.2) is 5.65 Å². The molecule has 0 saturated heterocycles. The van der Waals surface area contributed by atoms with Crippen molar-refractivity contribution in [3.05, 3.63) is 47.6 Å². The number of aromatic nitrogens is 5. The summed E-state index contributed by atoms with van der Waals surface area (Å²) in [5.41, 5.74) is 10.9. The van der Waals surface area contributed by atoms with Crippen molar-refractivity contribution >= 4 is 23.0 Å². The van der Waals surface area contributed by atoms with Crippen LogP contribution in [0, 0.1) is 12.3 Å². The van der Waals surface area contributed by atoms with Gasteiger partial charge >= 0.3 is 0 Å². The molecule has 0 radical (unpaired) electrons. The third-order valence-corrected chi connectivity index (χ3v) is 6.76. The number of allylic oxidation sites excluding steroid dienone is 1. The highest BCUT2D eigenvalue weighted by atomic mass is 15.2. The van der Waals surface area contributed by atoms with E-state index in [4.69, 9.17) is 5.73 Å². The summed E-state index contributed by atoms with van der Waals surface area (Å²) < 4.78 is 1.72. The van der Waals surface area contributed by atoms with Crippen molar-refractivity contribution in [2.75, 3.05) is 18.1 Å². The van der Waals surface area contributed by atoms with Crippen LogP contribution in [0.2, 0.25) is 0 Å². The lowest BCUT2D eigenvalue weighted by Crippen LogP contribution is -2.31. The fourth-order valence-corrected chi connectivity index (χ4v) is 4.96. The van der Waals surface area contributed by atoms with E-state index in [1.165, 1.54) is 25.7 Å². The van der Waals surface area contributed by atoms with Gasteiger partial charge in [-0.2, -0.15) is 10.1 Å². The van der Waals surface area contributed by atoms with Crippen molar-refractivity contribution in [1.82, 2.24) is 24.6 Å². The predicted octanol–water partition coefficient (Wildman–Crippen LogP) is 5.02. The average molecular weight is 420 g/mol. The topological polar surface area (TPSA) is 94.0 Å². The Kier molecular flexibility index (Phi) is 6.20. The molecule has 0 unspecified atom stereocenters. The summed E-state index contributed by atoms with van der Waals surface area (Å²) in [4.78, 5) is 13.2. The summed E-state index contributed by atoms with van der Waals surface area (Å²) in [6.07, 6.45) is 17.9. The zero-order valence-corrected chi connectivity index (χ0v) is 18.9. The highest BCUT2D eigenvalue weighted by Crippen LogP contribution is 2.51. The van der Waals surface area contributed by atoms with Crippen LogP contribution in [0.5, 0.6) is 0 Å². The van der Waals surface area contributed by atoms with Gasteiger partial charge in [0.25, 0.3) is 0 Å². The quantitative estimate of drug-likeness (QED) is 0.619. The number of nitrogens with one attached hydrogen (secondary N) is 1. The first-order valence-electron chi connectivity index (χ1n) is 11.3. The number of aryl methyl sites for hydroxylation is 1. The summed E-state index contributed by atoms with van der Waals surface area (Å²) in [6.45, 7) is 3.88. The summed E-state index contributed by atoms with van der Waals surface area (Å²) in [5.74, 6) is 0.938. The fraction of sp³-hybridized carbons (Fsp3) is 0.500. The molecule has 5 rings (SSSR count). The molecule has 164 valence electrons. The van der Waals surface area contributed by atoms with E-state index >= 15 is 0 Å². The van der Waals surface area contributed by atoms with Gasteiger partial charge in [-0.25, -0.2) is 14.5 Å². The lowest BCUT2D eigenvalue weighted by molar-refractivity contribution is 0.0775. The lowest BCUT2D eigenvalue weighted by atomic mass is 9.61. The molecule has 7 nitrogen and oxygen atoms in total. The lowest BCUT2D eigenvalue weighted by Gasteiger charge is -2.45. The molecule has 3 N–H and O–H groups in total. The van der Waals surface area contributed by atoms with Gasteiger partial charge in [0.2, 0.25) is 5.95 Å². The Morgan fingerprint density at radius 2 is 1.81 bits per heavy atom. The maximum absolute atomic E-state index is 5.74. The third-order valence-electron chi connectivity index (χ3n) is 6.76. The summed E-state index contributed by atoms with van der Waals surface area (Å²) in [5, 5.41) is 7.24. The van der Waals surface area contributed by atoms with E-state index in [1.54, 1.807) is 36.4 Å². The van der Waals surface area contributed by atoms with Crippen molar-refractivity contribution in [3.8, 4) is 0 Å². The predicted molar refractivity (Wildman–Crippen MR) is 126 cm³/mol. The van der Waals surface area contributed by atoms with Gasteiger partial charge in [0, 0.05) is 30.4 Å². The van der Waals surface area contributed by atoms with Crippen LogP contribution in [0.25, 0.3) is 11.2 Å². The maximum Gasteiger partial charge on any atom is 0.222 e. The van der Waals surface area contributed by atoms with Crippen LogP contribution in [-0.4, -0.2) is 31.6 Å². The van der Waals surface area contributed by atoms with Crippen molar-refractivity contribution < 1.29 is 0 Å². The second-order valence-electron chi connectivity index (χ2n) is 8.70. The minimum Gasteiger partial charge on any atom is -0.372 e. The molecule has 3 heterocycles. The number of hydrogen-bond acceptors (Lipinski definition) is 6. The van der Waals surface area contributed by atoms with Crippen LogP contribution in [0.3, 0.4) is 0 Å². The number of fused-ring (bicyclic) bond motifs is 1. The molecule has 0 aromatic carbocycles. The zero-order valence-electron chi connectivity index (χ0n) is 18.9. The molecule has 2 aliphatic carbocycles. The highest BCUT2D eigenvalue weighted by Gasteiger charge is 2.37. The zero-order chi connectivity index (χ0) is 21.8. The second kappa shape index (κ2) is 9.04. The SMILES string of the molecule is C/C=C(/c1ccn2nccc2n1)c1c(C)nc(N)nc1NC.C1CCC2(CC1)CCC2. The highest BCUT2D eigenvalue weighted by molar-refractivity contribution is 5.85. The van der Waals surface area contributed by atoms with Gasteiger partial charge in [-0.15, -0.1) is 0 Å². The number of nitrogens with zero attached hydrogens (tertiary/aromatic N) is 5. The third kappa shape index (κ3) is 4.40. The summed E-state index contributed by atoms with van der Waals surface area (Å²) in [7, 11) is 1.81. The normalized spacial score (nSPS) is 17.7. The summed E-state index contributed by atoms with van der Waals surface area (Å²) in [6, 6.07) is 3.78. The van der Waals surface area contributed by atoms with Crippen LogP contribution < -0.4 is 11.1 Å². The molecule has 2 saturated carbocycles. The van der Waals surface area contributed by atoms with E-state index in [0.29, 0.717) is 5.82 Å². The molecular formula is C24H33N7. The van der Waals surface area contributed by atoms with Crippen LogP contribution >= 0.6 is 0 Å². The van der Waals surface area contributed by atoms with Crippen LogP contribution in [0.1, 0.15) is 75.2 Å². The Balaban J connectivity index is 0.000000212. The monoisotopic (exact) mass is 419 g/mol. The first kappa shape index (κ1) is 21.3. The van der Waals surface area contributed by atoms with E-state index in [2.05, 4.69) is 25.4 Å². The van der Waals surface area contributed by atoms with Crippen LogP contribution in [0.15, 0.2) is 30.6 Å². The smallest absolute Gasteiger partial charge is 0.222 e. The molecule has 31 heavy (non-hydrogen) atoms. The number of nitrogen functional groups attached to an aromatic ring is 1. The molecular weight excluding hydrogens is 386 g/mol. The Labute approximate surface area is 184 Å². The largest absolute Gasteiger partial charge is 0.372 e. The first-order chi connectivity index (χ1) is 15.0. The van der Waals surface area contributed by atoms with Gasteiger partial charge < -0.3 is 11.1 Å². The average Bonchev–Trinajstić information content (AvgIpc) is 3.23. The van der Waals surface area contributed by atoms with Gasteiger partial charge in [-0.1, -0.05) is 31.8 Å². The number of hydrogen-bond donors (Lipinski definition) is 2. The Morgan fingerprint density at radius 1 is 1.06 bits per heavy atom. The second-order valence-corrected chi connectivity index (χ2v) is 8.70. The maximum atomic E-state index is 5.74. The molecule has 1 spiro atoms. The van der Waals surface area contributed by atoms with Gasteiger partial charge in [0.1, 0.15) is 5.82 Å². The van der Waals surface area contributed by atoms with Crippen molar-refractivity contribution in [2.24, 2.45) is 5.41 Å². The van der Waals surface area contributed by atoms with Gasteiger partial charge in [-0.3, -0.25) is 0 Å². The minimum absolute atomic E-state index is 0.250. The molecule has 0 amide bonds. The number of anilines is 2. The Hall–Kier alpha value is -2.96. The van der Waals surface area contributed by atoms with Crippen molar-refractivity contribution in [3.63, 3.8) is 0 Å². The van der Waals surface area contributed by atoms with Crippen LogP contribution in [0.4, 0.5) is 11.8 Å². The van der Waals surface area contributed by atoms with E-state index in [0.717, 1.165) is 33.6 Å². The molecule has 2 fully saturated rings. The standard InChI is InChI=1S/C15H17N7.C9H16/c1-4-10(11-6-8-22-12(20-11)5-7-18-22)13-9(2)19-15(16)21-14(13)17-3;1-2-5-9(6-3-1)7-4-8-9/h4-8H,1-3H3,(H3,16,17,19,21);1-8H2/b10-4-;. The molecule has 0 aliphatic heterocycles. The number of nitrogens with two attached hydrogens (primary N) is 1. The van der Waals surface area contributed by atoms with Gasteiger partial charge in [0.05, 0.1) is 17.6 Å². The van der Waals surface area contributed by atoms with E-state index < -0.39 is 0 Å². The molecule has 0 bridgehead atoms. The van der Waals surface area contributed by atoms with E-state index in [-0.39, 0.29) is 5.95 Å². The fourth-order valence-electron chi connectivity index (χ4n) is 4.96. The molecule has 3 aromatic heterocycles. The Morgan fingerprint density at radius 3 is 2.42 bits per heavy atom. The van der Waals surface area contributed by atoms with Crippen molar-refractivity contribution in [1.29, 1.82) is 0 Å². The minimum atomic E-state index is 0.250. The Bertz CT molecular complexity index is 1070. The first-order valence-corrected chi connectivity index (χ1v) is 11.3. The van der Waals surface area contributed by atoms with Crippen LogP contribution in [-0.2, 0) is 0 Å². The molecule has 2 aliphatic rings. The molecule has 3 aromatic rings. The summed E-state index contributed by atoms with van der Waals surface area (Å²) >= 11 is 0.